The van der Waals surface area contributed by atoms with Crippen LogP contribution in [0.1, 0.15) is 51.2 Å². The Morgan fingerprint density at radius 1 is 1.15 bits per heavy atom. The third-order valence-electron chi connectivity index (χ3n) is 5.71. The number of hydrogen-bond acceptors (Lipinski definition) is 3. The first-order valence-corrected chi connectivity index (χ1v) is 9.92. The fourth-order valence-electron chi connectivity index (χ4n) is 4.07. The molecule has 0 saturated carbocycles. The molecule has 0 spiro atoms. The van der Waals surface area contributed by atoms with Crippen LogP contribution in [-0.2, 0) is 9.53 Å². The molecule has 1 aliphatic heterocycles. The van der Waals surface area contributed by atoms with Gasteiger partial charge in [0.1, 0.15) is 0 Å². The zero-order valence-corrected chi connectivity index (χ0v) is 17.4. The Morgan fingerprint density at radius 3 is 2.23 bits per heavy atom. The smallest absolute Gasteiger partial charge is 0.223 e. The molecule has 1 aliphatic rings. The van der Waals surface area contributed by atoms with Crippen LogP contribution in [0.4, 0.5) is 0 Å². The Balaban J connectivity index is 2.02. The number of hydrogen-bond donors (Lipinski definition) is 0. The molecular weight excluding hydrogens is 324 g/mol. The predicted molar refractivity (Wildman–Crippen MR) is 107 cm³/mol. The van der Waals surface area contributed by atoms with E-state index in [1.807, 2.05) is 0 Å². The van der Waals surface area contributed by atoms with Gasteiger partial charge in [-0.2, -0.15) is 0 Å². The summed E-state index contributed by atoms with van der Waals surface area (Å²) in [4.78, 5) is 17.6. The normalized spacial score (nSPS) is 22.7. The largest absolute Gasteiger partial charge is 0.383 e. The summed E-state index contributed by atoms with van der Waals surface area (Å²) in [5, 5.41) is 0. The van der Waals surface area contributed by atoms with E-state index in [-0.39, 0.29) is 11.8 Å². The first kappa shape index (κ1) is 20.9. The van der Waals surface area contributed by atoms with Crippen LogP contribution in [0.25, 0.3) is 0 Å². The van der Waals surface area contributed by atoms with E-state index in [4.69, 9.17) is 4.74 Å². The van der Waals surface area contributed by atoms with Crippen LogP contribution >= 0.6 is 0 Å². The minimum atomic E-state index is 0.278. The molecule has 1 aromatic rings. The van der Waals surface area contributed by atoms with Gasteiger partial charge in [0, 0.05) is 45.2 Å². The average Bonchev–Trinajstić information content (AvgIpc) is 2.59. The SMILES string of the molecule is COCCN1C(C)CN(C(=O)CC(c2ccc(C)cc2)C(C)C)CC1C. The lowest BCUT2D eigenvalue weighted by atomic mass is 9.85. The standard InChI is InChI=1S/C22H36N2O2/c1-16(2)21(20-9-7-17(3)8-10-20)13-22(25)23-14-18(4)24(11-12-26-6)19(5)15-23/h7-10,16,18-19,21H,11-15H2,1-6H3. The summed E-state index contributed by atoms with van der Waals surface area (Å²) in [5.74, 6) is 1.01. The average molecular weight is 361 g/mol. The van der Waals surface area contributed by atoms with Gasteiger partial charge in [-0.3, -0.25) is 9.69 Å². The van der Waals surface area contributed by atoms with Crippen LogP contribution in [0.3, 0.4) is 0 Å². The summed E-state index contributed by atoms with van der Waals surface area (Å²) < 4.78 is 5.23. The topological polar surface area (TPSA) is 32.8 Å². The van der Waals surface area contributed by atoms with E-state index in [1.54, 1.807) is 7.11 Å². The second-order valence-corrected chi connectivity index (χ2v) is 8.19. The Labute approximate surface area is 159 Å². The molecule has 3 atom stereocenters. The van der Waals surface area contributed by atoms with Crippen molar-refractivity contribution in [2.24, 2.45) is 5.92 Å². The summed E-state index contributed by atoms with van der Waals surface area (Å²) in [7, 11) is 1.74. The number of nitrogens with zero attached hydrogens (tertiary/aromatic N) is 2. The molecule has 0 radical (unpaired) electrons. The Bertz CT molecular complexity index is 558. The van der Waals surface area contributed by atoms with Crippen LogP contribution in [0, 0.1) is 12.8 Å². The molecule has 0 N–H and O–H groups in total. The van der Waals surface area contributed by atoms with E-state index in [9.17, 15) is 4.79 Å². The zero-order valence-electron chi connectivity index (χ0n) is 17.4. The van der Waals surface area contributed by atoms with Gasteiger partial charge in [0.25, 0.3) is 0 Å². The van der Waals surface area contributed by atoms with Crippen molar-refractivity contribution in [3.63, 3.8) is 0 Å². The van der Waals surface area contributed by atoms with Crippen LogP contribution in [0.5, 0.6) is 0 Å². The highest BCUT2D eigenvalue weighted by Gasteiger charge is 2.32. The van der Waals surface area contributed by atoms with E-state index in [0.717, 1.165) is 26.2 Å². The van der Waals surface area contributed by atoms with Gasteiger partial charge in [0.05, 0.1) is 6.61 Å². The maximum absolute atomic E-state index is 13.0. The highest BCUT2D eigenvalue weighted by atomic mass is 16.5. The van der Waals surface area contributed by atoms with Crippen LogP contribution in [0.15, 0.2) is 24.3 Å². The fraction of sp³-hybridized carbons (Fsp3) is 0.682. The van der Waals surface area contributed by atoms with Gasteiger partial charge in [-0.15, -0.1) is 0 Å². The number of amides is 1. The summed E-state index contributed by atoms with van der Waals surface area (Å²) in [6.45, 7) is 14.3. The van der Waals surface area contributed by atoms with Crippen molar-refractivity contribution in [3.05, 3.63) is 35.4 Å². The molecule has 1 aromatic carbocycles. The van der Waals surface area contributed by atoms with Gasteiger partial charge in [-0.25, -0.2) is 0 Å². The van der Waals surface area contributed by atoms with E-state index < -0.39 is 0 Å². The molecule has 3 unspecified atom stereocenters. The molecule has 1 saturated heterocycles. The van der Waals surface area contributed by atoms with Gasteiger partial charge in [-0.1, -0.05) is 43.7 Å². The van der Waals surface area contributed by atoms with Crippen molar-refractivity contribution in [3.8, 4) is 0 Å². The molecule has 2 rings (SSSR count). The molecule has 4 heteroatoms. The number of carbonyl (C=O) groups is 1. The van der Waals surface area contributed by atoms with Crippen molar-refractivity contribution in [1.29, 1.82) is 0 Å². The van der Waals surface area contributed by atoms with Crippen molar-refractivity contribution < 1.29 is 9.53 Å². The highest BCUT2D eigenvalue weighted by Crippen LogP contribution is 2.29. The number of ether oxygens (including phenoxy) is 1. The van der Waals surface area contributed by atoms with E-state index in [2.05, 4.69) is 68.7 Å². The van der Waals surface area contributed by atoms with Gasteiger partial charge in [0.15, 0.2) is 0 Å². The van der Waals surface area contributed by atoms with E-state index in [1.165, 1.54) is 11.1 Å². The Kier molecular flexibility index (Phi) is 7.66. The first-order chi connectivity index (χ1) is 12.3. The van der Waals surface area contributed by atoms with Crippen LogP contribution in [0.2, 0.25) is 0 Å². The van der Waals surface area contributed by atoms with Gasteiger partial charge in [0.2, 0.25) is 5.91 Å². The number of piperazine rings is 1. The van der Waals surface area contributed by atoms with Crippen LogP contribution in [-0.4, -0.2) is 61.1 Å². The number of aryl methyl sites for hydroxylation is 1. The second kappa shape index (κ2) is 9.52. The molecule has 1 heterocycles. The lowest BCUT2D eigenvalue weighted by molar-refractivity contribution is -0.136. The molecular formula is C22H36N2O2. The zero-order chi connectivity index (χ0) is 19.3. The third kappa shape index (κ3) is 5.31. The number of benzene rings is 1. The minimum Gasteiger partial charge on any atom is -0.383 e. The quantitative estimate of drug-likeness (QED) is 0.743. The molecule has 0 aliphatic carbocycles. The van der Waals surface area contributed by atoms with Gasteiger partial charge in [-0.05, 0) is 38.2 Å². The monoisotopic (exact) mass is 360 g/mol. The molecule has 146 valence electrons. The molecule has 1 fully saturated rings. The maximum atomic E-state index is 13.0. The molecule has 1 amide bonds. The third-order valence-corrected chi connectivity index (χ3v) is 5.71. The summed E-state index contributed by atoms with van der Waals surface area (Å²) in [5.41, 5.74) is 2.54. The Hall–Kier alpha value is -1.39. The highest BCUT2D eigenvalue weighted by molar-refractivity contribution is 5.77. The number of methoxy groups -OCH3 is 1. The Morgan fingerprint density at radius 2 is 1.73 bits per heavy atom. The van der Waals surface area contributed by atoms with Gasteiger partial charge >= 0.3 is 0 Å². The summed E-state index contributed by atoms with van der Waals surface area (Å²) in [6, 6.07) is 9.40. The van der Waals surface area contributed by atoms with Crippen molar-refractivity contribution in [1.82, 2.24) is 9.80 Å². The molecule has 0 aromatic heterocycles. The van der Waals surface area contributed by atoms with Crippen molar-refractivity contribution >= 4 is 5.91 Å². The number of rotatable bonds is 7. The molecule has 26 heavy (non-hydrogen) atoms. The van der Waals surface area contributed by atoms with Crippen molar-refractivity contribution in [2.45, 2.75) is 59.0 Å². The molecule has 0 bridgehead atoms. The summed E-state index contributed by atoms with van der Waals surface area (Å²) >= 11 is 0. The lowest BCUT2D eigenvalue weighted by Crippen LogP contribution is -2.58. The maximum Gasteiger partial charge on any atom is 0.223 e. The predicted octanol–water partition coefficient (Wildman–Crippen LogP) is 3.69. The minimum absolute atomic E-state index is 0.278. The van der Waals surface area contributed by atoms with E-state index >= 15 is 0 Å². The fourth-order valence-corrected chi connectivity index (χ4v) is 4.07. The van der Waals surface area contributed by atoms with E-state index in [0.29, 0.717) is 24.4 Å². The summed E-state index contributed by atoms with van der Waals surface area (Å²) in [6.07, 6.45) is 0.595. The first-order valence-electron chi connectivity index (χ1n) is 9.92. The van der Waals surface area contributed by atoms with Crippen LogP contribution < -0.4 is 0 Å². The molecule has 4 nitrogen and oxygen atoms in total. The second-order valence-electron chi connectivity index (χ2n) is 8.19. The number of carbonyl (C=O) groups excluding carboxylic acids is 1. The lowest BCUT2D eigenvalue weighted by Gasteiger charge is -2.44. The van der Waals surface area contributed by atoms with Crippen molar-refractivity contribution in [2.75, 3.05) is 33.4 Å². The van der Waals surface area contributed by atoms with Gasteiger partial charge < -0.3 is 9.64 Å².